The first-order valence-corrected chi connectivity index (χ1v) is 11.0. The van der Waals surface area contributed by atoms with Crippen LogP contribution in [0.4, 0.5) is 5.82 Å². The first-order valence-electron chi connectivity index (χ1n) is 11.0. The van der Waals surface area contributed by atoms with Crippen molar-refractivity contribution in [3.05, 3.63) is 59.9 Å². The number of imidazole rings is 1. The van der Waals surface area contributed by atoms with E-state index in [0.29, 0.717) is 12.5 Å². The molecule has 0 bridgehead atoms. The van der Waals surface area contributed by atoms with Crippen molar-refractivity contribution in [3.63, 3.8) is 0 Å². The van der Waals surface area contributed by atoms with E-state index in [4.69, 9.17) is 9.72 Å². The zero-order valence-corrected chi connectivity index (χ0v) is 19.6. The van der Waals surface area contributed by atoms with Gasteiger partial charge in [-0.25, -0.2) is 4.98 Å². The summed E-state index contributed by atoms with van der Waals surface area (Å²) in [5.74, 6) is 2.42. The molecular weight excluding hydrogens is 370 g/mol. The summed E-state index contributed by atoms with van der Waals surface area (Å²) in [5.41, 5.74) is 3.30. The van der Waals surface area contributed by atoms with Gasteiger partial charge in [-0.2, -0.15) is 0 Å². The predicted molar refractivity (Wildman–Crippen MR) is 126 cm³/mol. The average molecular weight is 408 g/mol. The highest BCUT2D eigenvalue weighted by Gasteiger charge is 2.28. The van der Waals surface area contributed by atoms with Gasteiger partial charge in [0.15, 0.2) is 11.4 Å². The number of hydrogen-bond donors (Lipinski definition) is 1. The minimum absolute atomic E-state index is 0.0547. The van der Waals surface area contributed by atoms with Gasteiger partial charge < -0.3 is 10.1 Å². The smallest absolute Gasteiger partial charge is 0.181 e. The molecule has 30 heavy (non-hydrogen) atoms. The van der Waals surface area contributed by atoms with Gasteiger partial charge in [-0.1, -0.05) is 65.0 Å². The second kappa shape index (κ2) is 8.71. The Kier molecular flexibility index (Phi) is 6.44. The van der Waals surface area contributed by atoms with Crippen LogP contribution in [0.1, 0.15) is 66.1 Å². The van der Waals surface area contributed by atoms with Gasteiger partial charge in [0, 0.05) is 11.7 Å². The minimum Gasteiger partial charge on any atom is -0.485 e. The van der Waals surface area contributed by atoms with Crippen LogP contribution < -0.4 is 10.1 Å². The van der Waals surface area contributed by atoms with Gasteiger partial charge in [0.05, 0.1) is 5.69 Å². The van der Waals surface area contributed by atoms with Gasteiger partial charge >= 0.3 is 0 Å². The average Bonchev–Trinajstić information content (AvgIpc) is 2.95. The SMILES string of the molecule is CC(C)Cc1nc2c(OCc3ccccc3)cccn2c1NC(C)(C)CC(C)(C)C. The maximum absolute atomic E-state index is 6.18. The normalized spacial score (nSPS) is 12.5. The Morgan fingerprint density at radius 1 is 1.00 bits per heavy atom. The number of nitrogens with one attached hydrogen (secondary N) is 1. The van der Waals surface area contributed by atoms with Crippen molar-refractivity contribution in [2.75, 3.05) is 5.32 Å². The van der Waals surface area contributed by atoms with Gasteiger partial charge in [-0.15, -0.1) is 0 Å². The van der Waals surface area contributed by atoms with Gasteiger partial charge in [0.25, 0.3) is 0 Å². The first kappa shape index (κ1) is 22.2. The first-order chi connectivity index (χ1) is 14.0. The second-order valence-corrected chi connectivity index (χ2v) is 10.6. The fourth-order valence-corrected chi connectivity index (χ4v) is 4.29. The summed E-state index contributed by atoms with van der Waals surface area (Å²) in [6, 6.07) is 14.3. The summed E-state index contributed by atoms with van der Waals surface area (Å²) in [5, 5.41) is 3.82. The van der Waals surface area contributed by atoms with E-state index in [1.165, 1.54) is 0 Å². The third-order valence-electron chi connectivity index (χ3n) is 4.95. The van der Waals surface area contributed by atoms with Crippen molar-refractivity contribution in [2.24, 2.45) is 11.3 Å². The van der Waals surface area contributed by atoms with E-state index >= 15 is 0 Å². The zero-order valence-electron chi connectivity index (χ0n) is 19.6. The molecule has 0 amide bonds. The van der Waals surface area contributed by atoms with E-state index in [9.17, 15) is 0 Å². The molecule has 0 aliphatic carbocycles. The van der Waals surface area contributed by atoms with Crippen LogP contribution in [-0.4, -0.2) is 14.9 Å². The van der Waals surface area contributed by atoms with Gasteiger partial charge in [-0.3, -0.25) is 4.40 Å². The summed E-state index contributed by atoms with van der Waals surface area (Å²) in [7, 11) is 0. The molecular formula is C26H37N3O. The largest absolute Gasteiger partial charge is 0.485 e. The zero-order chi connectivity index (χ0) is 21.9. The topological polar surface area (TPSA) is 38.6 Å². The van der Waals surface area contributed by atoms with E-state index in [1.807, 2.05) is 30.3 Å². The highest BCUT2D eigenvalue weighted by atomic mass is 16.5. The van der Waals surface area contributed by atoms with Crippen LogP contribution in [0.2, 0.25) is 0 Å². The van der Waals surface area contributed by atoms with Crippen molar-refractivity contribution < 1.29 is 4.74 Å². The monoisotopic (exact) mass is 407 g/mol. The lowest BCUT2D eigenvalue weighted by Gasteiger charge is -2.34. The van der Waals surface area contributed by atoms with Crippen molar-refractivity contribution in [2.45, 2.75) is 73.5 Å². The van der Waals surface area contributed by atoms with Crippen LogP contribution in [-0.2, 0) is 13.0 Å². The Morgan fingerprint density at radius 3 is 2.33 bits per heavy atom. The molecule has 162 valence electrons. The number of nitrogens with zero attached hydrogens (tertiary/aromatic N) is 2. The molecule has 1 N–H and O–H groups in total. The molecule has 1 aromatic carbocycles. The van der Waals surface area contributed by atoms with Gasteiger partial charge in [0.2, 0.25) is 0 Å². The van der Waals surface area contributed by atoms with Crippen molar-refractivity contribution in [1.29, 1.82) is 0 Å². The lowest BCUT2D eigenvalue weighted by molar-refractivity contribution is 0.301. The molecule has 0 spiro atoms. The highest BCUT2D eigenvalue weighted by Crippen LogP contribution is 2.33. The van der Waals surface area contributed by atoms with Crippen LogP contribution in [0.25, 0.3) is 5.65 Å². The molecule has 0 radical (unpaired) electrons. The fraction of sp³-hybridized carbons (Fsp3) is 0.500. The van der Waals surface area contributed by atoms with Gasteiger partial charge in [0.1, 0.15) is 12.4 Å². The third kappa shape index (κ3) is 5.78. The molecule has 4 heteroatoms. The minimum atomic E-state index is -0.0547. The molecule has 4 nitrogen and oxygen atoms in total. The van der Waals surface area contributed by atoms with Crippen molar-refractivity contribution in [3.8, 4) is 5.75 Å². The lowest BCUT2D eigenvalue weighted by Crippen LogP contribution is -2.36. The predicted octanol–water partition coefficient (Wildman–Crippen LogP) is 6.74. The Labute approximate surface area is 181 Å². The number of pyridine rings is 1. The van der Waals surface area contributed by atoms with Crippen LogP contribution in [0.15, 0.2) is 48.7 Å². The maximum atomic E-state index is 6.18. The van der Waals surface area contributed by atoms with Crippen LogP contribution in [0, 0.1) is 11.3 Å². The molecule has 0 aliphatic rings. The van der Waals surface area contributed by atoms with Crippen LogP contribution >= 0.6 is 0 Å². The van der Waals surface area contributed by atoms with E-state index in [0.717, 1.165) is 41.3 Å². The van der Waals surface area contributed by atoms with Crippen LogP contribution in [0.5, 0.6) is 5.75 Å². The fourth-order valence-electron chi connectivity index (χ4n) is 4.29. The van der Waals surface area contributed by atoms with Crippen LogP contribution in [0.3, 0.4) is 0 Å². The highest BCUT2D eigenvalue weighted by molar-refractivity contribution is 5.63. The number of fused-ring (bicyclic) bond motifs is 1. The molecule has 0 aliphatic heterocycles. The summed E-state index contributed by atoms with van der Waals surface area (Å²) < 4.78 is 8.33. The van der Waals surface area contributed by atoms with Crippen molar-refractivity contribution in [1.82, 2.24) is 9.38 Å². The molecule has 0 unspecified atom stereocenters. The molecule has 0 saturated carbocycles. The van der Waals surface area contributed by atoms with E-state index in [2.05, 4.69) is 76.5 Å². The molecule has 2 heterocycles. The summed E-state index contributed by atoms with van der Waals surface area (Å²) in [6.07, 6.45) is 4.06. The molecule has 3 aromatic rings. The molecule has 0 saturated heterocycles. The van der Waals surface area contributed by atoms with E-state index in [-0.39, 0.29) is 11.0 Å². The molecule has 0 atom stereocenters. The molecule has 0 fully saturated rings. The number of benzene rings is 1. The number of hydrogen-bond acceptors (Lipinski definition) is 3. The van der Waals surface area contributed by atoms with E-state index < -0.39 is 0 Å². The Hall–Kier alpha value is -2.49. The Bertz CT molecular complexity index is 965. The number of anilines is 1. The molecule has 2 aromatic heterocycles. The summed E-state index contributed by atoms with van der Waals surface area (Å²) >= 11 is 0. The third-order valence-corrected chi connectivity index (χ3v) is 4.95. The number of rotatable bonds is 8. The standard InChI is InChI=1S/C26H37N3O/c1-19(2)16-21-23(28-26(6,7)18-25(3,4)5)29-15-11-14-22(24(29)27-21)30-17-20-12-9-8-10-13-20/h8-15,19,28H,16-18H2,1-7H3. The summed E-state index contributed by atoms with van der Waals surface area (Å²) in [6.45, 7) is 16.4. The second-order valence-electron chi connectivity index (χ2n) is 10.6. The van der Waals surface area contributed by atoms with Crippen molar-refractivity contribution >= 4 is 11.5 Å². The Morgan fingerprint density at radius 2 is 1.70 bits per heavy atom. The van der Waals surface area contributed by atoms with E-state index in [1.54, 1.807) is 0 Å². The quantitative estimate of drug-likeness (QED) is 0.449. The summed E-state index contributed by atoms with van der Waals surface area (Å²) in [4.78, 5) is 5.02. The van der Waals surface area contributed by atoms with Gasteiger partial charge in [-0.05, 0) is 55.7 Å². The maximum Gasteiger partial charge on any atom is 0.181 e. The molecule has 3 rings (SSSR count). The number of aromatic nitrogens is 2. The lowest BCUT2D eigenvalue weighted by atomic mass is 9.82. The Balaban J connectivity index is 1.96. The number of ether oxygens (including phenoxy) is 1.